The average Bonchev–Trinajstić information content (AvgIpc) is 3.37. The third-order valence-corrected chi connectivity index (χ3v) is 6.09. The molecule has 1 aliphatic carbocycles. The van der Waals surface area contributed by atoms with E-state index in [0.717, 1.165) is 25.9 Å². The maximum atomic E-state index is 12.9. The van der Waals surface area contributed by atoms with Gasteiger partial charge in [-0.1, -0.05) is 6.07 Å². The highest BCUT2D eigenvalue weighted by Gasteiger charge is 2.48. The molecule has 4 atom stereocenters. The molecule has 4 rings (SSSR count). The summed E-state index contributed by atoms with van der Waals surface area (Å²) in [7, 11) is 1.61. The predicted molar refractivity (Wildman–Crippen MR) is 113 cm³/mol. The van der Waals surface area contributed by atoms with Gasteiger partial charge in [-0.2, -0.15) is 0 Å². The normalized spacial score (nSPS) is 26.5. The number of amides is 1. The van der Waals surface area contributed by atoms with Gasteiger partial charge in [0.15, 0.2) is 0 Å². The molecule has 1 amide bonds. The van der Waals surface area contributed by atoms with Crippen molar-refractivity contribution in [1.29, 1.82) is 0 Å². The van der Waals surface area contributed by atoms with Crippen LogP contribution < -0.4 is 14.8 Å². The maximum absolute atomic E-state index is 12.9. The van der Waals surface area contributed by atoms with Crippen molar-refractivity contribution in [3.8, 4) is 11.5 Å². The van der Waals surface area contributed by atoms with Crippen LogP contribution in [0.5, 0.6) is 11.5 Å². The Morgan fingerprint density at radius 3 is 2.70 bits per heavy atom. The van der Waals surface area contributed by atoms with E-state index in [1.54, 1.807) is 25.4 Å². The van der Waals surface area contributed by atoms with Gasteiger partial charge in [0.2, 0.25) is 0 Å². The first-order chi connectivity index (χ1) is 14.6. The summed E-state index contributed by atoms with van der Waals surface area (Å²) in [6.45, 7) is 3.67. The lowest BCUT2D eigenvalue weighted by molar-refractivity contribution is 0.0138. The van der Waals surface area contributed by atoms with E-state index in [0.29, 0.717) is 29.2 Å². The molecule has 1 aromatic heterocycles. The van der Waals surface area contributed by atoms with E-state index in [-0.39, 0.29) is 18.0 Å². The number of hydrogen-bond donors (Lipinski definition) is 2. The van der Waals surface area contributed by atoms with Crippen molar-refractivity contribution in [1.82, 2.24) is 15.2 Å². The fourth-order valence-electron chi connectivity index (χ4n) is 4.58. The number of aliphatic hydroxyl groups is 1. The van der Waals surface area contributed by atoms with Gasteiger partial charge in [-0.25, -0.2) is 0 Å². The number of rotatable bonds is 6. The SMILES string of the molecule is COc1cccc(O[C@@H]2C[C@@H](NC(=O)c3cccnc3C)[C@H](N3CCCC3)[C@H]2O)c1. The van der Waals surface area contributed by atoms with Crippen LogP contribution in [0.1, 0.15) is 35.3 Å². The summed E-state index contributed by atoms with van der Waals surface area (Å²) in [5, 5.41) is 14.3. The van der Waals surface area contributed by atoms with Crippen LogP contribution in [0, 0.1) is 6.92 Å². The van der Waals surface area contributed by atoms with Crippen molar-refractivity contribution >= 4 is 5.91 Å². The predicted octanol–water partition coefficient (Wildman–Crippen LogP) is 2.17. The Labute approximate surface area is 177 Å². The first kappa shape index (κ1) is 20.6. The molecule has 0 radical (unpaired) electrons. The van der Waals surface area contributed by atoms with Crippen LogP contribution in [0.15, 0.2) is 42.6 Å². The number of nitrogens with zero attached hydrogens (tertiary/aromatic N) is 2. The Morgan fingerprint density at radius 1 is 1.20 bits per heavy atom. The number of likely N-dealkylation sites (tertiary alicyclic amines) is 1. The average molecular weight is 412 g/mol. The Kier molecular flexibility index (Phi) is 6.20. The summed E-state index contributed by atoms with van der Waals surface area (Å²) in [5.74, 6) is 1.19. The molecular weight excluding hydrogens is 382 g/mol. The molecule has 160 valence electrons. The fourth-order valence-corrected chi connectivity index (χ4v) is 4.58. The highest BCUT2D eigenvalue weighted by atomic mass is 16.5. The van der Waals surface area contributed by atoms with Crippen LogP contribution in [-0.2, 0) is 0 Å². The third kappa shape index (κ3) is 4.27. The number of pyridine rings is 1. The lowest BCUT2D eigenvalue weighted by Gasteiger charge is -2.32. The number of aromatic nitrogens is 1. The molecule has 2 aromatic rings. The van der Waals surface area contributed by atoms with Gasteiger partial charge in [0.1, 0.15) is 23.7 Å². The Balaban J connectivity index is 1.53. The summed E-state index contributed by atoms with van der Waals surface area (Å²) in [5.41, 5.74) is 1.25. The molecule has 1 aliphatic heterocycles. The topological polar surface area (TPSA) is 83.9 Å². The molecule has 1 saturated carbocycles. The van der Waals surface area contributed by atoms with Crippen LogP contribution in [0.2, 0.25) is 0 Å². The minimum Gasteiger partial charge on any atom is -0.497 e. The largest absolute Gasteiger partial charge is 0.497 e. The van der Waals surface area contributed by atoms with Gasteiger partial charge in [-0.15, -0.1) is 0 Å². The van der Waals surface area contributed by atoms with Crippen molar-refractivity contribution in [3.63, 3.8) is 0 Å². The van der Waals surface area contributed by atoms with Crippen molar-refractivity contribution < 1.29 is 19.4 Å². The maximum Gasteiger partial charge on any atom is 0.253 e. The van der Waals surface area contributed by atoms with Crippen molar-refractivity contribution in [2.45, 2.75) is 50.5 Å². The molecule has 0 unspecified atom stereocenters. The molecule has 2 N–H and O–H groups in total. The van der Waals surface area contributed by atoms with Crippen LogP contribution >= 0.6 is 0 Å². The Bertz CT molecular complexity index is 884. The molecule has 0 spiro atoms. The number of carbonyl (C=O) groups excluding carboxylic acids is 1. The minimum atomic E-state index is -0.699. The van der Waals surface area contributed by atoms with Gasteiger partial charge < -0.3 is 19.9 Å². The first-order valence-electron chi connectivity index (χ1n) is 10.5. The zero-order valence-corrected chi connectivity index (χ0v) is 17.5. The molecule has 1 aromatic carbocycles. The second-order valence-electron chi connectivity index (χ2n) is 8.01. The van der Waals surface area contributed by atoms with Crippen LogP contribution in [0.4, 0.5) is 0 Å². The van der Waals surface area contributed by atoms with Gasteiger partial charge in [0, 0.05) is 24.4 Å². The second kappa shape index (κ2) is 9.02. The van der Waals surface area contributed by atoms with Crippen molar-refractivity contribution in [2.75, 3.05) is 20.2 Å². The van der Waals surface area contributed by atoms with E-state index in [2.05, 4.69) is 15.2 Å². The lowest BCUT2D eigenvalue weighted by Crippen LogP contribution is -2.52. The van der Waals surface area contributed by atoms with E-state index < -0.39 is 12.2 Å². The molecule has 2 aliphatic rings. The molecule has 7 nitrogen and oxygen atoms in total. The highest BCUT2D eigenvalue weighted by molar-refractivity contribution is 5.95. The van der Waals surface area contributed by atoms with Gasteiger partial charge in [-0.05, 0) is 57.1 Å². The highest BCUT2D eigenvalue weighted by Crippen LogP contribution is 2.32. The third-order valence-electron chi connectivity index (χ3n) is 6.09. The van der Waals surface area contributed by atoms with Crippen molar-refractivity contribution in [2.24, 2.45) is 0 Å². The number of aryl methyl sites for hydroxylation is 1. The van der Waals surface area contributed by atoms with Gasteiger partial charge in [0.05, 0.1) is 24.8 Å². The number of methoxy groups -OCH3 is 1. The molecule has 30 heavy (non-hydrogen) atoms. The molecule has 0 bridgehead atoms. The smallest absolute Gasteiger partial charge is 0.253 e. The summed E-state index contributed by atoms with van der Waals surface area (Å²) in [6.07, 6.45) is 3.30. The van der Waals surface area contributed by atoms with E-state index in [1.807, 2.05) is 31.2 Å². The first-order valence-corrected chi connectivity index (χ1v) is 10.5. The summed E-state index contributed by atoms with van der Waals surface area (Å²) in [4.78, 5) is 19.4. The Morgan fingerprint density at radius 2 is 1.97 bits per heavy atom. The monoisotopic (exact) mass is 411 g/mol. The van der Waals surface area contributed by atoms with Gasteiger partial charge >= 0.3 is 0 Å². The second-order valence-corrected chi connectivity index (χ2v) is 8.01. The number of hydrogen-bond acceptors (Lipinski definition) is 6. The fraction of sp³-hybridized carbons (Fsp3) is 0.478. The standard InChI is InChI=1S/C23H29N3O4/c1-15-18(9-6-10-24-15)23(28)25-19-14-20(22(27)21(19)26-11-3-4-12-26)30-17-8-5-7-16(13-17)29-2/h5-10,13,19-22,27H,3-4,11-12,14H2,1-2H3,(H,25,28)/t19-,20-,21+,22+/m1/s1. The summed E-state index contributed by atoms with van der Waals surface area (Å²) in [6, 6.07) is 10.5. The van der Waals surface area contributed by atoms with Crippen molar-refractivity contribution in [3.05, 3.63) is 53.9 Å². The lowest BCUT2D eigenvalue weighted by atomic mass is 10.1. The molecule has 2 fully saturated rings. The number of nitrogens with one attached hydrogen (secondary N) is 1. The summed E-state index contributed by atoms with van der Waals surface area (Å²) >= 11 is 0. The number of aliphatic hydroxyl groups excluding tert-OH is 1. The van der Waals surface area contributed by atoms with E-state index >= 15 is 0 Å². The Hall–Kier alpha value is -2.64. The van der Waals surface area contributed by atoms with Crippen LogP contribution in [0.3, 0.4) is 0 Å². The van der Waals surface area contributed by atoms with Crippen LogP contribution in [0.25, 0.3) is 0 Å². The minimum absolute atomic E-state index is 0.163. The molecule has 7 heteroatoms. The molecule has 1 saturated heterocycles. The zero-order valence-electron chi connectivity index (χ0n) is 17.5. The van der Waals surface area contributed by atoms with Crippen LogP contribution in [-0.4, -0.2) is 65.4 Å². The van der Waals surface area contributed by atoms with E-state index in [4.69, 9.17) is 9.47 Å². The number of ether oxygens (including phenoxy) is 2. The van der Waals surface area contributed by atoms with E-state index in [1.165, 1.54) is 0 Å². The summed E-state index contributed by atoms with van der Waals surface area (Å²) < 4.78 is 11.4. The van der Waals surface area contributed by atoms with Gasteiger partial charge in [0.25, 0.3) is 5.91 Å². The van der Waals surface area contributed by atoms with E-state index in [9.17, 15) is 9.90 Å². The quantitative estimate of drug-likeness (QED) is 0.758. The van der Waals surface area contributed by atoms with Gasteiger partial charge in [-0.3, -0.25) is 14.7 Å². The molecule has 2 heterocycles. The molecular formula is C23H29N3O4. The number of benzene rings is 1. The number of carbonyl (C=O) groups is 1. The zero-order chi connectivity index (χ0) is 21.1.